The maximum absolute atomic E-state index is 11.7. The number of hydrogen-bond acceptors (Lipinski definition) is 3. The third-order valence-electron chi connectivity index (χ3n) is 4.73. The first-order valence-electron chi connectivity index (χ1n) is 8.55. The van der Waals surface area contributed by atoms with Crippen LogP contribution in [-0.4, -0.2) is 11.1 Å². The molecule has 2 nitrogen and oxygen atoms in total. The maximum atomic E-state index is 11.7. The average molecular weight is 386 g/mol. The molecule has 3 aromatic carbocycles. The summed E-state index contributed by atoms with van der Waals surface area (Å²) in [4.78, 5) is 12.1. The molecule has 0 saturated carbocycles. The van der Waals surface area contributed by atoms with Crippen molar-refractivity contribution in [1.82, 2.24) is 0 Å². The Morgan fingerprint density at radius 1 is 0.741 bits per heavy atom. The van der Waals surface area contributed by atoms with Gasteiger partial charge in [-0.25, -0.2) is 4.79 Å². The zero-order chi connectivity index (χ0) is 18.4. The highest BCUT2D eigenvalue weighted by atomic mass is 32.1. The van der Waals surface area contributed by atoms with E-state index in [9.17, 15) is 9.90 Å². The molecular weight excluding hydrogens is 372 g/mol. The summed E-state index contributed by atoms with van der Waals surface area (Å²) >= 11 is 3.07. The van der Waals surface area contributed by atoms with E-state index in [1.54, 1.807) is 11.3 Å². The van der Waals surface area contributed by atoms with Gasteiger partial charge in [-0.1, -0.05) is 60.7 Å². The van der Waals surface area contributed by atoms with Gasteiger partial charge in [-0.15, -0.1) is 22.7 Å². The summed E-state index contributed by atoms with van der Waals surface area (Å²) in [6.45, 7) is 0. The molecule has 0 amide bonds. The second kappa shape index (κ2) is 6.34. The van der Waals surface area contributed by atoms with Crippen molar-refractivity contribution >= 4 is 48.8 Å². The fourth-order valence-corrected chi connectivity index (χ4v) is 5.66. The monoisotopic (exact) mass is 386 g/mol. The van der Waals surface area contributed by atoms with Gasteiger partial charge in [0.15, 0.2) is 0 Å². The molecule has 5 rings (SSSR count). The van der Waals surface area contributed by atoms with E-state index in [2.05, 4.69) is 35.7 Å². The normalized spacial score (nSPS) is 11.3. The van der Waals surface area contributed by atoms with E-state index >= 15 is 0 Å². The Balaban J connectivity index is 1.99. The van der Waals surface area contributed by atoms with Crippen molar-refractivity contribution < 1.29 is 9.90 Å². The lowest BCUT2D eigenvalue weighted by molar-refractivity contribution is 0.0702. The molecule has 1 N–H and O–H groups in total. The summed E-state index contributed by atoms with van der Waals surface area (Å²) in [5.41, 5.74) is 4.48. The van der Waals surface area contributed by atoms with Crippen LogP contribution >= 0.6 is 22.7 Å². The van der Waals surface area contributed by atoms with Crippen LogP contribution in [0.3, 0.4) is 0 Å². The van der Waals surface area contributed by atoms with Crippen LogP contribution in [0.15, 0.2) is 78.2 Å². The third kappa shape index (κ3) is 2.57. The lowest BCUT2D eigenvalue weighted by Crippen LogP contribution is -1.89. The van der Waals surface area contributed by atoms with Gasteiger partial charge in [-0.2, -0.15) is 0 Å². The molecule has 0 radical (unpaired) electrons. The average Bonchev–Trinajstić information content (AvgIpc) is 3.34. The van der Waals surface area contributed by atoms with Crippen molar-refractivity contribution in [2.24, 2.45) is 0 Å². The molecule has 2 aromatic heterocycles. The molecule has 0 aliphatic carbocycles. The molecule has 4 heteroatoms. The molecule has 27 heavy (non-hydrogen) atoms. The topological polar surface area (TPSA) is 37.3 Å². The van der Waals surface area contributed by atoms with Crippen molar-refractivity contribution in [2.75, 3.05) is 0 Å². The van der Waals surface area contributed by atoms with Gasteiger partial charge >= 0.3 is 5.97 Å². The van der Waals surface area contributed by atoms with Gasteiger partial charge < -0.3 is 5.11 Å². The van der Waals surface area contributed by atoms with Crippen LogP contribution < -0.4 is 0 Å². The molecule has 0 spiro atoms. The Hall–Kier alpha value is -2.95. The molecule has 0 aliphatic heterocycles. The standard InChI is InChI=1S/C23H14O2S2/c24-23(25)18-13-17-20(15-9-5-2-6-10-15)21-16(11-12-26-21)19(22(17)27-18)14-7-3-1-4-8-14/h1-13H,(H,24,25). The Bertz CT molecular complexity index is 1190. The van der Waals surface area contributed by atoms with E-state index < -0.39 is 5.97 Å². The number of carboxylic acid groups (broad SMARTS) is 1. The second-order valence-corrected chi connectivity index (χ2v) is 8.27. The minimum atomic E-state index is -0.877. The van der Waals surface area contributed by atoms with E-state index in [1.807, 2.05) is 42.5 Å². The number of rotatable bonds is 3. The number of fused-ring (bicyclic) bond motifs is 2. The van der Waals surface area contributed by atoms with Crippen molar-refractivity contribution in [2.45, 2.75) is 0 Å². The number of benzene rings is 3. The van der Waals surface area contributed by atoms with E-state index in [1.165, 1.54) is 21.4 Å². The fraction of sp³-hybridized carbons (Fsp3) is 0. The van der Waals surface area contributed by atoms with Crippen LogP contribution in [0.25, 0.3) is 42.4 Å². The van der Waals surface area contributed by atoms with Gasteiger partial charge in [0.25, 0.3) is 0 Å². The quantitative estimate of drug-likeness (QED) is 0.357. The number of thiophene rings is 2. The van der Waals surface area contributed by atoms with Crippen molar-refractivity contribution in [3.8, 4) is 22.3 Å². The molecule has 0 fully saturated rings. The van der Waals surface area contributed by atoms with Crippen LogP contribution in [0.1, 0.15) is 9.67 Å². The van der Waals surface area contributed by atoms with Crippen LogP contribution in [0, 0.1) is 0 Å². The molecule has 0 atom stereocenters. The summed E-state index contributed by atoms with van der Waals surface area (Å²) in [6.07, 6.45) is 0. The summed E-state index contributed by atoms with van der Waals surface area (Å²) in [6, 6.07) is 24.4. The minimum Gasteiger partial charge on any atom is -0.477 e. The van der Waals surface area contributed by atoms with Crippen LogP contribution in [0.4, 0.5) is 0 Å². The van der Waals surface area contributed by atoms with Gasteiger partial charge in [-0.05, 0) is 28.6 Å². The Morgan fingerprint density at radius 2 is 1.33 bits per heavy atom. The number of carbonyl (C=O) groups is 1. The highest BCUT2D eigenvalue weighted by Gasteiger charge is 2.21. The molecule has 0 unspecified atom stereocenters. The van der Waals surface area contributed by atoms with Crippen molar-refractivity contribution in [3.05, 3.63) is 83.1 Å². The molecule has 0 bridgehead atoms. The summed E-state index contributed by atoms with van der Waals surface area (Å²) in [5.74, 6) is -0.877. The van der Waals surface area contributed by atoms with Gasteiger partial charge in [0.2, 0.25) is 0 Å². The Kier molecular flexibility index (Phi) is 3.81. The second-order valence-electron chi connectivity index (χ2n) is 6.30. The highest BCUT2D eigenvalue weighted by Crippen LogP contribution is 2.48. The number of aromatic carboxylic acids is 1. The van der Waals surface area contributed by atoms with Crippen LogP contribution in [0.2, 0.25) is 0 Å². The largest absolute Gasteiger partial charge is 0.477 e. The Morgan fingerprint density at radius 3 is 1.93 bits per heavy atom. The third-order valence-corrected chi connectivity index (χ3v) is 6.80. The van der Waals surface area contributed by atoms with Crippen LogP contribution in [-0.2, 0) is 0 Å². The van der Waals surface area contributed by atoms with Crippen molar-refractivity contribution in [3.63, 3.8) is 0 Å². The predicted octanol–water partition coefficient (Wildman–Crippen LogP) is 7.15. The highest BCUT2D eigenvalue weighted by molar-refractivity contribution is 7.22. The fourth-order valence-electron chi connectivity index (χ4n) is 3.60. The van der Waals surface area contributed by atoms with Gasteiger partial charge in [-0.3, -0.25) is 0 Å². The first kappa shape index (κ1) is 16.2. The minimum absolute atomic E-state index is 0.372. The van der Waals surface area contributed by atoms with E-state index in [4.69, 9.17) is 0 Å². The zero-order valence-electron chi connectivity index (χ0n) is 14.2. The summed E-state index contributed by atoms with van der Waals surface area (Å²) < 4.78 is 2.23. The molecule has 0 aliphatic rings. The van der Waals surface area contributed by atoms with E-state index in [-0.39, 0.29) is 0 Å². The van der Waals surface area contributed by atoms with E-state index in [0.717, 1.165) is 32.3 Å². The predicted molar refractivity (Wildman–Crippen MR) is 115 cm³/mol. The smallest absolute Gasteiger partial charge is 0.345 e. The number of hydrogen-bond donors (Lipinski definition) is 1. The van der Waals surface area contributed by atoms with Gasteiger partial charge in [0.1, 0.15) is 4.88 Å². The molecule has 0 saturated heterocycles. The zero-order valence-corrected chi connectivity index (χ0v) is 15.8. The maximum Gasteiger partial charge on any atom is 0.345 e. The summed E-state index contributed by atoms with van der Waals surface area (Å²) in [7, 11) is 0. The van der Waals surface area contributed by atoms with Crippen molar-refractivity contribution in [1.29, 1.82) is 0 Å². The molecule has 5 aromatic rings. The first-order chi connectivity index (χ1) is 13.2. The van der Waals surface area contributed by atoms with Crippen LogP contribution in [0.5, 0.6) is 0 Å². The lowest BCUT2D eigenvalue weighted by Gasteiger charge is -2.12. The molecule has 130 valence electrons. The lowest BCUT2D eigenvalue weighted by atomic mass is 9.93. The SMILES string of the molecule is O=C(O)c1cc2c(-c3ccccc3)c3sccc3c(-c3ccccc3)c2s1. The summed E-state index contributed by atoms with van der Waals surface area (Å²) in [5, 5.41) is 13.9. The molecule has 2 heterocycles. The van der Waals surface area contributed by atoms with E-state index in [0.29, 0.717) is 4.88 Å². The number of carboxylic acids is 1. The molecular formula is C23H14O2S2. The first-order valence-corrected chi connectivity index (χ1v) is 10.2. The van der Waals surface area contributed by atoms with Gasteiger partial charge in [0.05, 0.1) is 0 Å². The van der Waals surface area contributed by atoms with Gasteiger partial charge in [0, 0.05) is 31.3 Å². The Labute approximate surface area is 164 Å².